The molecule has 0 amide bonds. The molecule has 1 aromatic carbocycles. The van der Waals surface area contributed by atoms with E-state index in [0.717, 1.165) is 23.6 Å². The summed E-state index contributed by atoms with van der Waals surface area (Å²) in [6.45, 7) is 7.03. The first kappa shape index (κ1) is 13.7. The Labute approximate surface area is 127 Å². The van der Waals surface area contributed by atoms with Crippen LogP contribution in [0.4, 0.5) is 0 Å². The van der Waals surface area contributed by atoms with E-state index in [-0.39, 0.29) is 18.8 Å². The van der Waals surface area contributed by atoms with E-state index in [9.17, 15) is 0 Å². The number of hydrogen-bond donors (Lipinski definition) is 0. The third kappa shape index (κ3) is 1.75. The predicted octanol–water partition coefficient (Wildman–Crippen LogP) is 2.63. The molecule has 3 nitrogen and oxygen atoms in total. The van der Waals surface area contributed by atoms with E-state index in [1.807, 2.05) is 24.3 Å². The number of rotatable bonds is 2. The molecular formula is C17H23BO3. The highest BCUT2D eigenvalue weighted by Gasteiger charge is 2.67. The van der Waals surface area contributed by atoms with Crippen molar-refractivity contribution in [3.63, 3.8) is 0 Å². The molecule has 2 bridgehead atoms. The van der Waals surface area contributed by atoms with Crippen molar-refractivity contribution < 1.29 is 14.0 Å². The monoisotopic (exact) mass is 286 g/mol. The van der Waals surface area contributed by atoms with Gasteiger partial charge in [0, 0.05) is 0 Å². The molecular weight excluding hydrogens is 263 g/mol. The van der Waals surface area contributed by atoms with E-state index < -0.39 is 0 Å². The van der Waals surface area contributed by atoms with E-state index in [1.54, 1.807) is 7.11 Å². The van der Waals surface area contributed by atoms with Gasteiger partial charge in [-0.05, 0) is 54.6 Å². The van der Waals surface area contributed by atoms with E-state index >= 15 is 0 Å². The van der Waals surface area contributed by atoms with Crippen LogP contribution >= 0.6 is 0 Å². The second kappa shape index (κ2) is 4.27. The molecule has 1 aliphatic heterocycles. The van der Waals surface area contributed by atoms with Crippen LogP contribution in [0.1, 0.15) is 33.6 Å². The van der Waals surface area contributed by atoms with Crippen molar-refractivity contribution in [1.82, 2.24) is 0 Å². The van der Waals surface area contributed by atoms with Gasteiger partial charge >= 0.3 is 7.12 Å². The fourth-order valence-corrected chi connectivity index (χ4v) is 4.77. The van der Waals surface area contributed by atoms with Crippen molar-refractivity contribution in [2.75, 3.05) is 7.11 Å². The van der Waals surface area contributed by atoms with E-state index in [1.165, 1.54) is 6.42 Å². The van der Waals surface area contributed by atoms with Crippen LogP contribution in [-0.4, -0.2) is 25.9 Å². The van der Waals surface area contributed by atoms with Crippen molar-refractivity contribution in [1.29, 1.82) is 0 Å². The Morgan fingerprint density at radius 2 is 1.86 bits per heavy atom. The molecule has 4 heteroatoms. The molecule has 4 aliphatic rings. The fourth-order valence-electron chi connectivity index (χ4n) is 4.77. The van der Waals surface area contributed by atoms with Crippen molar-refractivity contribution in [3.8, 4) is 5.75 Å². The maximum absolute atomic E-state index is 6.44. The normalized spacial score (nSPS) is 39.6. The van der Waals surface area contributed by atoms with Gasteiger partial charge in [0.1, 0.15) is 5.75 Å². The van der Waals surface area contributed by atoms with Gasteiger partial charge in [0.25, 0.3) is 0 Å². The van der Waals surface area contributed by atoms with Crippen LogP contribution in [0.5, 0.6) is 5.75 Å². The molecule has 1 aromatic rings. The maximum atomic E-state index is 6.44. The van der Waals surface area contributed by atoms with Gasteiger partial charge in [-0.3, -0.25) is 0 Å². The highest BCUT2D eigenvalue weighted by molar-refractivity contribution is 6.62. The number of benzene rings is 1. The van der Waals surface area contributed by atoms with Gasteiger partial charge in [-0.2, -0.15) is 0 Å². The zero-order chi connectivity index (χ0) is 14.8. The summed E-state index contributed by atoms with van der Waals surface area (Å²) < 4.78 is 17.9. The third-order valence-corrected chi connectivity index (χ3v) is 6.34. The van der Waals surface area contributed by atoms with Crippen molar-refractivity contribution >= 4 is 12.6 Å². The molecule has 21 heavy (non-hydrogen) atoms. The Morgan fingerprint density at radius 3 is 2.48 bits per heavy atom. The van der Waals surface area contributed by atoms with Crippen LogP contribution in [0.25, 0.3) is 0 Å². The molecule has 5 rings (SSSR count). The average Bonchev–Trinajstić information content (AvgIpc) is 2.84. The Hall–Kier alpha value is -0.995. The smallest absolute Gasteiger partial charge is 0.494 e. The van der Waals surface area contributed by atoms with Gasteiger partial charge in [0.15, 0.2) is 0 Å². The molecule has 1 saturated heterocycles. The predicted molar refractivity (Wildman–Crippen MR) is 82.7 cm³/mol. The van der Waals surface area contributed by atoms with Crippen LogP contribution in [0.2, 0.25) is 0 Å². The first-order valence-electron chi connectivity index (χ1n) is 7.92. The summed E-state index contributed by atoms with van der Waals surface area (Å²) in [5, 5.41) is 0. The Bertz CT molecular complexity index is 556. The molecule has 0 N–H and O–H groups in total. The lowest BCUT2D eigenvalue weighted by molar-refractivity contribution is -0.199. The Kier molecular flexibility index (Phi) is 2.77. The molecule has 0 aromatic heterocycles. The Balaban J connectivity index is 1.59. The first-order valence-corrected chi connectivity index (χ1v) is 7.92. The third-order valence-electron chi connectivity index (χ3n) is 6.34. The molecule has 0 radical (unpaired) electrons. The average molecular weight is 286 g/mol. The van der Waals surface area contributed by atoms with Crippen LogP contribution in [0.15, 0.2) is 24.3 Å². The summed E-state index contributed by atoms with van der Waals surface area (Å²) in [7, 11) is 1.45. The minimum absolute atomic E-state index is 0.136. The molecule has 4 atom stereocenters. The summed E-state index contributed by atoms with van der Waals surface area (Å²) in [5.41, 5.74) is 1.34. The van der Waals surface area contributed by atoms with Crippen LogP contribution in [0.3, 0.4) is 0 Å². The molecule has 3 saturated carbocycles. The quantitative estimate of drug-likeness (QED) is 0.782. The van der Waals surface area contributed by atoms with Crippen molar-refractivity contribution in [2.45, 2.75) is 45.3 Å². The van der Waals surface area contributed by atoms with Crippen LogP contribution in [-0.2, 0) is 9.31 Å². The molecule has 1 heterocycles. The summed E-state index contributed by atoms with van der Waals surface area (Å²) in [6, 6.07) is 8.02. The second-order valence-electron chi connectivity index (χ2n) is 7.57. The summed E-state index contributed by atoms with van der Waals surface area (Å²) in [4.78, 5) is 0. The molecule has 112 valence electrons. The number of ether oxygens (including phenoxy) is 1. The molecule has 2 unspecified atom stereocenters. The van der Waals surface area contributed by atoms with Crippen LogP contribution < -0.4 is 10.2 Å². The molecule has 4 fully saturated rings. The van der Waals surface area contributed by atoms with Gasteiger partial charge in [0.05, 0.1) is 18.8 Å². The number of methoxy groups -OCH3 is 1. The van der Waals surface area contributed by atoms with Gasteiger partial charge in [0.2, 0.25) is 0 Å². The lowest BCUT2D eigenvalue weighted by atomic mass is 9.43. The van der Waals surface area contributed by atoms with E-state index in [4.69, 9.17) is 14.0 Å². The van der Waals surface area contributed by atoms with Gasteiger partial charge in [-0.15, -0.1) is 0 Å². The zero-order valence-corrected chi connectivity index (χ0v) is 13.3. The lowest BCUT2D eigenvalue weighted by Gasteiger charge is -2.64. The van der Waals surface area contributed by atoms with E-state index in [2.05, 4.69) is 20.8 Å². The highest BCUT2D eigenvalue weighted by atomic mass is 16.7. The second-order valence-corrected chi connectivity index (χ2v) is 7.57. The molecule has 0 spiro atoms. The van der Waals surface area contributed by atoms with Gasteiger partial charge < -0.3 is 14.0 Å². The van der Waals surface area contributed by atoms with Crippen molar-refractivity contribution in [3.05, 3.63) is 24.3 Å². The SMILES string of the molecule is COc1ccc(B2O[C@H]3CC4CC(C4(C)C)[C@@]3(C)O2)cc1. The van der Waals surface area contributed by atoms with E-state index in [0.29, 0.717) is 11.3 Å². The lowest BCUT2D eigenvalue weighted by Crippen LogP contribution is -2.65. The van der Waals surface area contributed by atoms with Crippen molar-refractivity contribution in [2.24, 2.45) is 17.3 Å². The minimum atomic E-state index is -0.235. The highest BCUT2D eigenvalue weighted by Crippen LogP contribution is 2.65. The van der Waals surface area contributed by atoms with Gasteiger partial charge in [-0.1, -0.05) is 26.0 Å². The molecule has 3 aliphatic carbocycles. The summed E-state index contributed by atoms with van der Waals surface area (Å²) >= 11 is 0. The standard InChI is InChI=1S/C17H23BO3/c1-16(2)11-9-14(16)17(3)15(10-11)20-18(21-17)12-5-7-13(19-4)8-6-12/h5-8,11,14-15H,9-10H2,1-4H3/t11?,14?,15-,17+/m0/s1. The van der Waals surface area contributed by atoms with Gasteiger partial charge in [-0.25, -0.2) is 0 Å². The largest absolute Gasteiger partial charge is 0.497 e. The Morgan fingerprint density at radius 1 is 1.14 bits per heavy atom. The summed E-state index contributed by atoms with van der Waals surface area (Å²) in [6.07, 6.45) is 2.66. The van der Waals surface area contributed by atoms with Crippen LogP contribution in [0, 0.1) is 17.3 Å². The minimum Gasteiger partial charge on any atom is -0.497 e. The first-order chi connectivity index (χ1) is 9.95. The zero-order valence-electron chi connectivity index (χ0n) is 13.3. The number of hydrogen-bond acceptors (Lipinski definition) is 3. The summed E-state index contributed by atoms with van der Waals surface area (Å²) in [5.74, 6) is 2.26. The maximum Gasteiger partial charge on any atom is 0.494 e. The fraction of sp³-hybridized carbons (Fsp3) is 0.647. The topological polar surface area (TPSA) is 27.7 Å².